The Hall–Kier alpha value is -2.01. The molecular formula is C12H10N4S. The zero-order chi connectivity index (χ0) is 11.7. The molecule has 2 heterocycles. The van der Waals surface area contributed by atoms with Crippen molar-refractivity contribution in [1.82, 2.24) is 15.2 Å². The third-order valence-corrected chi connectivity index (χ3v) is 3.53. The molecule has 5 heteroatoms. The van der Waals surface area contributed by atoms with E-state index in [1.165, 1.54) is 16.7 Å². The van der Waals surface area contributed by atoms with Crippen molar-refractivity contribution in [2.45, 2.75) is 0 Å². The van der Waals surface area contributed by atoms with Crippen LogP contribution in [0.5, 0.6) is 0 Å². The predicted octanol–water partition coefficient (Wildman–Crippen LogP) is 2.80. The van der Waals surface area contributed by atoms with Crippen molar-refractivity contribution in [3.8, 4) is 10.6 Å². The normalized spacial score (nSPS) is 10.6. The van der Waals surface area contributed by atoms with Crippen LogP contribution in [-0.2, 0) is 0 Å². The fraction of sp³-hybridized carbons (Fsp3) is 0.0833. The maximum Gasteiger partial charge on any atom is 0.205 e. The number of anilines is 1. The number of nitrogens with zero attached hydrogens (tertiary/aromatic N) is 3. The highest BCUT2D eigenvalue weighted by Gasteiger charge is 2.08. The molecule has 0 fully saturated rings. The lowest BCUT2D eigenvalue weighted by atomic mass is 10.1. The van der Waals surface area contributed by atoms with Gasteiger partial charge in [0.25, 0.3) is 0 Å². The molecule has 3 aromatic rings. The first-order valence-electron chi connectivity index (χ1n) is 5.23. The maximum atomic E-state index is 4.19. The van der Waals surface area contributed by atoms with Gasteiger partial charge in [-0.25, -0.2) is 0 Å². The Morgan fingerprint density at radius 2 is 2.12 bits per heavy atom. The van der Waals surface area contributed by atoms with Gasteiger partial charge in [-0.1, -0.05) is 29.5 Å². The molecule has 0 bridgehead atoms. The van der Waals surface area contributed by atoms with Crippen LogP contribution in [0.25, 0.3) is 21.3 Å². The lowest BCUT2D eigenvalue weighted by molar-refractivity contribution is 1.09. The van der Waals surface area contributed by atoms with Crippen LogP contribution in [0.1, 0.15) is 0 Å². The number of aromatic nitrogens is 3. The molecule has 17 heavy (non-hydrogen) atoms. The van der Waals surface area contributed by atoms with Gasteiger partial charge in [-0.3, -0.25) is 4.98 Å². The number of benzene rings is 1. The van der Waals surface area contributed by atoms with Crippen molar-refractivity contribution in [1.29, 1.82) is 0 Å². The van der Waals surface area contributed by atoms with Gasteiger partial charge >= 0.3 is 0 Å². The van der Waals surface area contributed by atoms with Crippen molar-refractivity contribution in [3.05, 3.63) is 36.7 Å². The second-order valence-corrected chi connectivity index (χ2v) is 4.54. The molecule has 0 unspecified atom stereocenters. The molecule has 0 aliphatic heterocycles. The number of pyridine rings is 1. The molecule has 0 amide bonds. The maximum absolute atomic E-state index is 4.19. The molecule has 0 saturated heterocycles. The van der Waals surface area contributed by atoms with Crippen molar-refractivity contribution in [2.75, 3.05) is 12.4 Å². The van der Waals surface area contributed by atoms with Crippen LogP contribution in [0.15, 0.2) is 36.7 Å². The molecule has 4 nitrogen and oxygen atoms in total. The van der Waals surface area contributed by atoms with E-state index in [4.69, 9.17) is 0 Å². The van der Waals surface area contributed by atoms with Crippen molar-refractivity contribution >= 4 is 27.2 Å². The highest BCUT2D eigenvalue weighted by atomic mass is 32.1. The average Bonchev–Trinajstić information content (AvgIpc) is 2.87. The molecular weight excluding hydrogens is 232 g/mol. The lowest BCUT2D eigenvalue weighted by Gasteiger charge is -2.01. The van der Waals surface area contributed by atoms with E-state index in [1.54, 1.807) is 6.20 Å². The fourth-order valence-electron chi connectivity index (χ4n) is 1.73. The smallest absolute Gasteiger partial charge is 0.205 e. The summed E-state index contributed by atoms with van der Waals surface area (Å²) in [5, 5.41) is 15.2. The number of hydrogen-bond donors (Lipinski definition) is 1. The van der Waals surface area contributed by atoms with Crippen molar-refractivity contribution in [2.24, 2.45) is 0 Å². The zero-order valence-corrected chi connectivity index (χ0v) is 10.0. The van der Waals surface area contributed by atoms with Crippen LogP contribution in [0.4, 0.5) is 5.13 Å². The summed E-state index contributed by atoms with van der Waals surface area (Å²) in [7, 11) is 1.84. The van der Waals surface area contributed by atoms with Crippen LogP contribution in [0, 0.1) is 0 Å². The van der Waals surface area contributed by atoms with Crippen LogP contribution in [0.2, 0.25) is 0 Å². The summed E-state index contributed by atoms with van der Waals surface area (Å²) in [4.78, 5) is 4.17. The van der Waals surface area contributed by atoms with Gasteiger partial charge in [0.15, 0.2) is 0 Å². The summed E-state index contributed by atoms with van der Waals surface area (Å²) in [6, 6.07) is 8.14. The SMILES string of the molecule is CNc1nnc(-c2cccc3ccncc23)s1. The summed E-state index contributed by atoms with van der Waals surface area (Å²) in [5.41, 5.74) is 1.08. The van der Waals surface area contributed by atoms with Gasteiger partial charge in [-0.2, -0.15) is 0 Å². The van der Waals surface area contributed by atoms with Crippen molar-refractivity contribution in [3.63, 3.8) is 0 Å². The van der Waals surface area contributed by atoms with E-state index >= 15 is 0 Å². The predicted molar refractivity (Wildman–Crippen MR) is 70.2 cm³/mol. The van der Waals surface area contributed by atoms with Crippen LogP contribution in [-0.4, -0.2) is 22.2 Å². The van der Waals surface area contributed by atoms with Crippen molar-refractivity contribution < 1.29 is 0 Å². The van der Waals surface area contributed by atoms with E-state index in [-0.39, 0.29) is 0 Å². The third kappa shape index (κ3) is 1.74. The minimum Gasteiger partial charge on any atom is -0.363 e. The highest BCUT2D eigenvalue weighted by molar-refractivity contribution is 7.18. The summed E-state index contributed by atoms with van der Waals surface area (Å²) in [5.74, 6) is 0. The van der Waals surface area contributed by atoms with Crippen LogP contribution < -0.4 is 5.32 Å². The first-order chi connectivity index (χ1) is 8.38. The summed E-state index contributed by atoms with van der Waals surface area (Å²) >= 11 is 1.54. The quantitative estimate of drug-likeness (QED) is 0.750. The first-order valence-corrected chi connectivity index (χ1v) is 6.04. The number of nitrogens with one attached hydrogen (secondary N) is 1. The second kappa shape index (κ2) is 4.10. The molecule has 0 atom stereocenters. The van der Waals surface area contributed by atoms with Gasteiger partial charge < -0.3 is 5.32 Å². The Bertz CT molecular complexity index is 657. The highest BCUT2D eigenvalue weighted by Crippen LogP contribution is 2.31. The Labute approximate surface area is 102 Å². The first kappa shape index (κ1) is 10.2. The molecule has 1 aromatic carbocycles. The molecule has 84 valence electrons. The molecule has 0 aliphatic rings. The van der Waals surface area contributed by atoms with E-state index in [0.717, 1.165) is 21.1 Å². The van der Waals surface area contributed by atoms with Crippen LogP contribution >= 0.6 is 11.3 Å². The standard InChI is InChI=1S/C12H10N4S/c1-13-12-16-15-11(17-12)9-4-2-3-8-5-6-14-7-10(8)9/h2-7H,1H3,(H,13,16). The minimum absolute atomic E-state index is 0.820. The van der Waals surface area contributed by atoms with Crippen LogP contribution in [0.3, 0.4) is 0 Å². The van der Waals surface area contributed by atoms with Gasteiger partial charge in [0, 0.05) is 30.4 Å². The van der Waals surface area contributed by atoms with E-state index in [2.05, 4.69) is 26.6 Å². The molecule has 0 aliphatic carbocycles. The largest absolute Gasteiger partial charge is 0.363 e. The Morgan fingerprint density at radius 1 is 1.18 bits per heavy atom. The third-order valence-electron chi connectivity index (χ3n) is 2.55. The Morgan fingerprint density at radius 3 is 2.94 bits per heavy atom. The van der Waals surface area contributed by atoms with E-state index in [0.29, 0.717) is 0 Å². The molecule has 3 rings (SSSR count). The number of hydrogen-bond acceptors (Lipinski definition) is 5. The topological polar surface area (TPSA) is 50.7 Å². The Balaban J connectivity index is 2.23. The zero-order valence-electron chi connectivity index (χ0n) is 9.21. The van der Waals surface area contributed by atoms with Gasteiger partial charge in [-0.15, -0.1) is 10.2 Å². The van der Waals surface area contributed by atoms with E-state index < -0.39 is 0 Å². The van der Waals surface area contributed by atoms with Gasteiger partial charge in [0.1, 0.15) is 5.01 Å². The average molecular weight is 242 g/mol. The minimum atomic E-state index is 0.820. The molecule has 2 aromatic heterocycles. The molecule has 0 spiro atoms. The summed E-state index contributed by atoms with van der Waals surface area (Å²) < 4.78 is 0. The van der Waals surface area contributed by atoms with E-state index in [1.807, 2.05) is 31.4 Å². The Kier molecular flexibility index (Phi) is 2.45. The summed E-state index contributed by atoms with van der Waals surface area (Å²) in [6.45, 7) is 0. The van der Waals surface area contributed by atoms with E-state index in [9.17, 15) is 0 Å². The van der Waals surface area contributed by atoms with Gasteiger partial charge in [-0.05, 0) is 11.5 Å². The summed E-state index contributed by atoms with van der Waals surface area (Å²) in [6.07, 6.45) is 3.66. The molecule has 1 N–H and O–H groups in total. The number of fused-ring (bicyclic) bond motifs is 1. The second-order valence-electron chi connectivity index (χ2n) is 3.56. The lowest BCUT2D eigenvalue weighted by Crippen LogP contribution is -1.84. The van der Waals surface area contributed by atoms with Gasteiger partial charge in [0.2, 0.25) is 5.13 Å². The number of rotatable bonds is 2. The molecule has 0 saturated carbocycles. The van der Waals surface area contributed by atoms with Gasteiger partial charge in [0.05, 0.1) is 0 Å². The fourth-order valence-corrected chi connectivity index (χ4v) is 2.47. The monoisotopic (exact) mass is 242 g/mol. The molecule has 0 radical (unpaired) electrons.